The molecule has 252 valence electrons. The normalized spacial score (nSPS) is 13.2. The third kappa shape index (κ3) is 7.88. The standard InChI is InChI=1S/C38H40F3N3O3S/c1-2-22-44(24-12-21-42-35(46)34-30(19-25-48-34)33(45)27-13-4-3-5-14-27)23-11-10-20-37(36(47)43-26-38(39,40)41)31-17-8-6-15-28(31)29-16-7-9-18-32(29)37/h3-9,13-19,25H,2,10-12,20-24,26H2,1H3,(H,42,46)(H,43,47). The molecular formula is C38H40F3N3O3S. The van der Waals surface area contributed by atoms with E-state index in [4.69, 9.17) is 0 Å². The summed E-state index contributed by atoms with van der Waals surface area (Å²) in [7, 11) is 0. The predicted octanol–water partition coefficient (Wildman–Crippen LogP) is 7.63. The fraction of sp³-hybridized carbons (Fsp3) is 0.342. The Morgan fingerprint density at radius 2 is 1.40 bits per heavy atom. The molecular weight excluding hydrogens is 635 g/mol. The number of thiophene rings is 1. The Morgan fingerprint density at radius 3 is 2.04 bits per heavy atom. The topological polar surface area (TPSA) is 78.5 Å². The van der Waals surface area contributed by atoms with Crippen molar-refractivity contribution in [2.45, 2.75) is 50.6 Å². The Labute approximate surface area is 283 Å². The van der Waals surface area contributed by atoms with Crippen molar-refractivity contribution in [3.05, 3.63) is 117 Å². The minimum Gasteiger partial charge on any atom is -0.351 e. The molecule has 6 nitrogen and oxygen atoms in total. The Balaban J connectivity index is 1.18. The van der Waals surface area contributed by atoms with Gasteiger partial charge in [-0.1, -0.05) is 92.2 Å². The number of fused-ring (bicyclic) bond motifs is 3. The molecule has 2 N–H and O–H groups in total. The van der Waals surface area contributed by atoms with E-state index in [2.05, 4.69) is 22.5 Å². The van der Waals surface area contributed by atoms with Gasteiger partial charge in [-0.15, -0.1) is 11.3 Å². The van der Waals surface area contributed by atoms with Gasteiger partial charge in [0.1, 0.15) is 16.8 Å². The van der Waals surface area contributed by atoms with Crippen LogP contribution in [-0.2, 0) is 10.2 Å². The summed E-state index contributed by atoms with van der Waals surface area (Å²) in [6.45, 7) is 3.53. The van der Waals surface area contributed by atoms with Crippen LogP contribution >= 0.6 is 11.3 Å². The van der Waals surface area contributed by atoms with Gasteiger partial charge in [0.15, 0.2) is 5.78 Å². The molecule has 0 fully saturated rings. The molecule has 0 unspecified atom stereocenters. The summed E-state index contributed by atoms with van der Waals surface area (Å²) < 4.78 is 39.6. The number of nitrogens with one attached hydrogen (secondary N) is 2. The van der Waals surface area contributed by atoms with Crippen molar-refractivity contribution in [1.29, 1.82) is 0 Å². The van der Waals surface area contributed by atoms with Gasteiger partial charge in [0.25, 0.3) is 5.91 Å². The van der Waals surface area contributed by atoms with Crippen LogP contribution in [0.25, 0.3) is 11.1 Å². The minimum atomic E-state index is -4.51. The van der Waals surface area contributed by atoms with Gasteiger partial charge >= 0.3 is 6.18 Å². The van der Waals surface area contributed by atoms with Crippen LogP contribution in [0, 0.1) is 0 Å². The van der Waals surface area contributed by atoms with Crippen LogP contribution in [0.4, 0.5) is 13.2 Å². The lowest BCUT2D eigenvalue weighted by atomic mass is 9.73. The van der Waals surface area contributed by atoms with Crippen molar-refractivity contribution in [3.8, 4) is 11.1 Å². The number of ketones is 1. The number of nitrogens with zero attached hydrogens (tertiary/aromatic N) is 1. The summed E-state index contributed by atoms with van der Waals surface area (Å²) in [6, 6.07) is 25.6. The smallest absolute Gasteiger partial charge is 0.351 e. The molecule has 0 atom stereocenters. The second kappa shape index (κ2) is 15.7. The van der Waals surface area contributed by atoms with Crippen molar-refractivity contribution < 1.29 is 27.6 Å². The van der Waals surface area contributed by atoms with Crippen molar-refractivity contribution in [1.82, 2.24) is 15.5 Å². The van der Waals surface area contributed by atoms with E-state index in [0.29, 0.717) is 41.8 Å². The highest BCUT2D eigenvalue weighted by Crippen LogP contribution is 2.51. The molecule has 1 heterocycles. The molecule has 3 aromatic carbocycles. The summed E-state index contributed by atoms with van der Waals surface area (Å²) in [5, 5.41) is 6.91. The summed E-state index contributed by atoms with van der Waals surface area (Å²) in [4.78, 5) is 42.4. The van der Waals surface area contributed by atoms with Gasteiger partial charge in [0, 0.05) is 17.7 Å². The SMILES string of the molecule is CCCN(CCCCC1(C(=O)NCC(F)(F)F)c2ccccc2-c2ccccc21)CCCNC(=O)c1sccc1C(=O)c1ccccc1. The van der Waals surface area contributed by atoms with Crippen LogP contribution in [0.3, 0.4) is 0 Å². The molecule has 10 heteroatoms. The Kier molecular flexibility index (Phi) is 11.5. The maximum atomic E-state index is 13.7. The molecule has 1 aliphatic rings. The number of carbonyl (C=O) groups is 3. The third-order valence-electron chi connectivity index (χ3n) is 8.81. The van der Waals surface area contributed by atoms with E-state index in [1.165, 1.54) is 11.3 Å². The molecule has 1 aliphatic carbocycles. The molecule has 0 saturated carbocycles. The second-order valence-corrected chi connectivity index (χ2v) is 13.0. The quantitative estimate of drug-likeness (QED) is 0.0946. The van der Waals surface area contributed by atoms with Crippen molar-refractivity contribution in [3.63, 3.8) is 0 Å². The number of unbranched alkanes of at least 4 members (excludes halogenated alkanes) is 1. The second-order valence-electron chi connectivity index (χ2n) is 12.1. The number of alkyl halides is 3. The number of amides is 2. The Hall–Kier alpha value is -4.28. The molecule has 48 heavy (non-hydrogen) atoms. The zero-order chi connectivity index (χ0) is 34.1. The third-order valence-corrected chi connectivity index (χ3v) is 9.72. The van der Waals surface area contributed by atoms with Crippen molar-refractivity contribution >= 4 is 28.9 Å². The van der Waals surface area contributed by atoms with Crippen LogP contribution in [0.15, 0.2) is 90.3 Å². The van der Waals surface area contributed by atoms with Gasteiger partial charge in [-0.05, 0) is 79.0 Å². The summed E-state index contributed by atoms with van der Waals surface area (Å²) >= 11 is 1.25. The molecule has 0 radical (unpaired) electrons. The fourth-order valence-corrected chi connectivity index (χ4v) is 7.46. The van der Waals surface area contributed by atoms with E-state index in [-0.39, 0.29) is 11.7 Å². The average Bonchev–Trinajstić information content (AvgIpc) is 3.69. The van der Waals surface area contributed by atoms with Crippen LogP contribution in [0.2, 0.25) is 0 Å². The van der Waals surface area contributed by atoms with E-state index >= 15 is 0 Å². The van der Waals surface area contributed by atoms with Gasteiger partial charge in [-0.2, -0.15) is 13.2 Å². The highest BCUT2D eigenvalue weighted by molar-refractivity contribution is 7.12. The molecule has 4 aromatic rings. The average molecular weight is 676 g/mol. The van der Waals surface area contributed by atoms with Gasteiger partial charge in [0.2, 0.25) is 5.91 Å². The van der Waals surface area contributed by atoms with Gasteiger partial charge < -0.3 is 15.5 Å². The summed E-state index contributed by atoms with van der Waals surface area (Å²) in [5.41, 5.74) is 2.97. The lowest BCUT2D eigenvalue weighted by Crippen LogP contribution is -2.47. The van der Waals surface area contributed by atoms with Crippen LogP contribution in [0.5, 0.6) is 0 Å². The van der Waals surface area contributed by atoms with Crippen LogP contribution < -0.4 is 10.6 Å². The zero-order valence-electron chi connectivity index (χ0n) is 26.9. The number of hydrogen-bond donors (Lipinski definition) is 2. The van der Waals surface area contributed by atoms with E-state index in [9.17, 15) is 27.6 Å². The lowest BCUT2D eigenvalue weighted by Gasteiger charge is -2.31. The molecule has 1 aromatic heterocycles. The summed E-state index contributed by atoms with van der Waals surface area (Å²) in [6.07, 6.45) is -1.09. The predicted molar refractivity (Wildman–Crippen MR) is 183 cm³/mol. The van der Waals surface area contributed by atoms with Crippen molar-refractivity contribution in [2.75, 3.05) is 32.7 Å². The fourth-order valence-electron chi connectivity index (χ4n) is 6.66. The van der Waals surface area contributed by atoms with Gasteiger partial charge in [0.05, 0.1) is 0 Å². The van der Waals surface area contributed by atoms with Crippen LogP contribution in [0.1, 0.15) is 75.7 Å². The maximum Gasteiger partial charge on any atom is 0.405 e. The lowest BCUT2D eigenvalue weighted by molar-refractivity contribution is -0.141. The molecule has 2 amide bonds. The number of hydrogen-bond acceptors (Lipinski definition) is 5. The zero-order valence-corrected chi connectivity index (χ0v) is 27.8. The maximum absolute atomic E-state index is 13.7. The highest BCUT2D eigenvalue weighted by atomic mass is 32.1. The van der Waals surface area contributed by atoms with E-state index in [1.807, 2.05) is 54.6 Å². The van der Waals surface area contributed by atoms with Crippen LogP contribution in [-0.4, -0.2) is 61.4 Å². The minimum absolute atomic E-state index is 0.180. The first-order valence-electron chi connectivity index (χ1n) is 16.4. The van der Waals surface area contributed by atoms with E-state index < -0.39 is 24.0 Å². The molecule has 0 bridgehead atoms. The Morgan fingerprint density at radius 1 is 0.771 bits per heavy atom. The number of carbonyl (C=O) groups excluding carboxylic acids is 3. The number of halogens is 3. The molecule has 0 spiro atoms. The first-order valence-corrected chi connectivity index (χ1v) is 17.3. The van der Waals surface area contributed by atoms with Crippen molar-refractivity contribution in [2.24, 2.45) is 0 Å². The van der Waals surface area contributed by atoms with E-state index in [1.54, 1.807) is 35.7 Å². The first kappa shape index (κ1) is 35.0. The summed E-state index contributed by atoms with van der Waals surface area (Å²) in [5.74, 6) is -1.07. The number of rotatable bonds is 16. The largest absolute Gasteiger partial charge is 0.405 e. The number of benzene rings is 3. The van der Waals surface area contributed by atoms with Gasteiger partial charge in [-0.25, -0.2) is 0 Å². The Bertz CT molecular complexity index is 1680. The van der Waals surface area contributed by atoms with Gasteiger partial charge in [-0.3, -0.25) is 14.4 Å². The van der Waals surface area contributed by atoms with E-state index in [0.717, 1.165) is 54.7 Å². The molecule has 5 rings (SSSR count). The highest BCUT2D eigenvalue weighted by Gasteiger charge is 2.49. The molecule has 0 aliphatic heterocycles. The molecule has 0 saturated heterocycles. The first-order chi connectivity index (χ1) is 23.2. The monoisotopic (exact) mass is 675 g/mol.